The molecule has 0 unspecified atom stereocenters. The van der Waals surface area contributed by atoms with Crippen molar-refractivity contribution in [3.05, 3.63) is 23.8 Å². The molecule has 0 amide bonds. The van der Waals surface area contributed by atoms with Crippen LogP contribution in [-0.4, -0.2) is 33.0 Å². The summed E-state index contributed by atoms with van der Waals surface area (Å²) in [5, 5.41) is -1.20. The first kappa shape index (κ1) is 17.5. The van der Waals surface area contributed by atoms with E-state index in [1.54, 1.807) is 25.3 Å². The smallest absolute Gasteiger partial charge is 0.329 e. The Morgan fingerprint density at radius 3 is 2.24 bits per heavy atom. The van der Waals surface area contributed by atoms with Crippen LogP contribution in [0.4, 0.5) is 0 Å². The first-order chi connectivity index (χ1) is 9.46. The van der Waals surface area contributed by atoms with Crippen LogP contribution in [-0.2, 0) is 20.0 Å². The molecule has 0 fully saturated rings. The molecule has 5 nitrogen and oxygen atoms in total. The van der Waals surface area contributed by atoms with E-state index < -0.39 is 21.1 Å². The molecule has 0 heterocycles. The highest BCUT2D eigenvalue weighted by Crippen LogP contribution is 2.34. The van der Waals surface area contributed by atoms with Gasteiger partial charge in [-0.05, 0) is 30.5 Å². The van der Waals surface area contributed by atoms with Crippen molar-refractivity contribution in [3.63, 3.8) is 0 Å². The maximum absolute atomic E-state index is 12.0. The second kappa shape index (κ2) is 6.05. The molecule has 1 aromatic carbocycles. The molecular formula is C15H22O5S. The van der Waals surface area contributed by atoms with Crippen LogP contribution < -0.4 is 9.47 Å². The van der Waals surface area contributed by atoms with E-state index in [0.717, 1.165) is 11.8 Å². The zero-order chi connectivity index (χ0) is 16.4. The first-order valence-corrected chi connectivity index (χ1v) is 8.51. The molecule has 6 heteroatoms. The van der Waals surface area contributed by atoms with Gasteiger partial charge in [0.1, 0.15) is 11.5 Å². The lowest BCUT2D eigenvalue weighted by atomic mass is 9.86. The number of ether oxygens (including phenoxy) is 2. The van der Waals surface area contributed by atoms with Gasteiger partial charge >= 0.3 is 5.97 Å². The van der Waals surface area contributed by atoms with Gasteiger partial charge in [0.15, 0.2) is 15.1 Å². The molecule has 0 aliphatic rings. The summed E-state index contributed by atoms with van der Waals surface area (Å²) < 4.78 is 33.3. The minimum absolute atomic E-state index is 0.279. The molecule has 0 N–H and O–H groups in total. The summed E-state index contributed by atoms with van der Waals surface area (Å²) in [5.74, 6) is 0.216. The van der Waals surface area contributed by atoms with E-state index in [9.17, 15) is 13.2 Å². The lowest BCUT2D eigenvalue weighted by Crippen LogP contribution is -2.31. The van der Waals surface area contributed by atoms with Crippen LogP contribution in [0.25, 0.3) is 0 Å². The van der Waals surface area contributed by atoms with E-state index in [1.807, 2.05) is 20.8 Å². The van der Waals surface area contributed by atoms with Gasteiger partial charge in [0.25, 0.3) is 0 Å². The average molecular weight is 314 g/mol. The van der Waals surface area contributed by atoms with E-state index in [2.05, 4.69) is 0 Å². The van der Waals surface area contributed by atoms with Crippen molar-refractivity contribution in [3.8, 4) is 11.5 Å². The second-order valence-corrected chi connectivity index (χ2v) is 8.37. The number of benzene rings is 1. The van der Waals surface area contributed by atoms with Gasteiger partial charge in [0, 0.05) is 11.8 Å². The normalized spacial score (nSPS) is 13.6. The summed E-state index contributed by atoms with van der Waals surface area (Å²) in [6.45, 7) is 7.23. The molecule has 0 aliphatic carbocycles. The second-order valence-electron chi connectivity index (χ2n) is 6.00. The highest BCUT2D eigenvalue weighted by atomic mass is 32.2. The average Bonchev–Trinajstić information content (AvgIpc) is 2.35. The molecule has 1 rings (SSSR count). The molecule has 0 saturated carbocycles. The Bertz CT molecular complexity index is 626. The van der Waals surface area contributed by atoms with Crippen LogP contribution in [0.5, 0.6) is 11.5 Å². The van der Waals surface area contributed by atoms with Crippen LogP contribution in [0.1, 0.15) is 33.3 Å². The molecule has 0 saturated heterocycles. The van der Waals surface area contributed by atoms with Crippen LogP contribution in [0.3, 0.4) is 0 Å². The topological polar surface area (TPSA) is 69.7 Å². The van der Waals surface area contributed by atoms with E-state index in [1.165, 1.54) is 6.92 Å². The number of sulfone groups is 1. The largest absolute Gasteiger partial charge is 0.497 e. The number of carbonyl (C=O) groups is 1. The van der Waals surface area contributed by atoms with Crippen molar-refractivity contribution in [2.24, 2.45) is 0 Å². The molecule has 0 bridgehead atoms. The fourth-order valence-corrected chi connectivity index (χ4v) is 2.08. The highest BCUT2D eigenvalue weighted by molar-refractivity contribution is 7.92. The van der Waals surface area contributed by atoms with Gasteiger partial charge in [-0.1, -0.05) is 20.8 Å². The van der Waals surface area contributed by atoms with Crippen LogP contribution >= 0.6 is 0 Å². The molecule has 1 atom stereocenters. The van der Waals surface area contributed by atoms with E-state index in [0.29, 0.717) is 11.5 Å². The van der Waals surface area contributed by atoms with Crippen LogP contribution in [0.2, 0.25) is 0 Å². The molecule has 21 heavy (non-hydrogen) atoms. The van der Waals surface area contributed by atoms with Crippen molar-refractivity contribution in [1.29, 1.82) is 0 Å². The van der Waals surface area contributed by atoms with Gasteiger partial charge < -0.3 is 9.47 Å². The lowest BCUT2D eigenvalue weighted by molar-refractivity contribution is -0.133. The molecule has 118 valence electrons. The Balaban J connectivity index is 3.17. The molecule has 0 aromatic heterocycles. The molecule has 0 aliphatic heterocycles. The SMILES string of the molecule is COc1ccc(OC(=O)[C@@H](C)S(C)(=O)=O)c(C(C)(C)C)c1. The summed E-state index contributed by atoms with van der Waals surface area (Å²) in [4.78, 5) is 12.0. The third-order valence-corrected chi connectivity index (χ3v) is 4.66. The third-order valence-electron chi connectivity index (χ3n) is 3.18. The fourth-order valence-electron chi connectivity index (χ4n) is 1.68. The van der Waals surface area contributed by atoms with Gasteiger partial charge in [0.05, 0.1) is 7.11 Å². The first-order valence-electron chi connectivity index (χ1n) is 6.56. The molecular weight excluding hydrogens is 292 g/mol. The van der Waals surface area contributed by atoms with Crippen LogP contribution in [0.15, 0.2) is 18.2 Å². The molecule has 0 radical (unpaired) electrons. The summed E-state index contributed by atoms with van der Waals surface area (Å²) in [5.41, 5.74) is 0.495. The van der Waals surface area contributed by atoms with Crippen molar-refractivity contribution < 1.29 is 22.7 Å². The van der Waals surface area contributed by atoms with E-state index in [-0.39, 0.29) is 5.41 Å². The minimum atomic E-state index is -3.48. The van der Waals surface area contributed by atoms with Crippen molar-refractivity contribution in [2.45, 2.75) is 38.4 Å². The summed E-state index contributed by atoms with van der Waals surface area (Å²) in [6, 6.07) is 5.07. The number of hydrogen-bond donors (Lipinski definition) is 0. The molecule has 1 aromatic rings. The third kappa shape index (κ3) is 4.46. The quantitative estimate of drug-likeness (QED) is 0.630. The highest BCUT2D eigenvalue weighted by Gasteiger charge is 2.28. The fraction of sp³-hybridized carbons (Fsp3) is 0.533. The molecule has 0 spiro atoms. The Labute approximate surface area is 126 Å². The zero-order valence-electron chi connectivity index (χ0n) is 13.3. The summed E-state index contributed by atoms with van der Waals surface area (Å²) >= 11 is 0. The van der Waals surface area contributed by atoms with Gasteiger partial charge in [-0.2, -0.15) is 0 Å². The van der Waals surface area contributed by atoms with Crippen molar-refractivity contribution >= 4 is 15.8 Å². The van der Waals surface area contributed by atoms with Crippen LogP contribution in [0, 0.1) is 0 Å². The van der Waals surface area contributed by atoms with Crippen molar-refractivity contribution in [1.82, 2.24) is 0 Å². The number of rotatable bonds is 4. The number of hydrogen-bond acceptors (Lipinski definition) is 5. The van der Waals surface area contributed by atoms with E-state index >= 15 is 0 Å². The lowest BCUT2D eigenvalue weighted by Gasteiger charge is -2.23. The maximum Gasteiger partial charge on any atom is 0.329 e. The summed E-state index contributed by atoms with van der Waals surface area (Å²) in [6.07, 6.45) is 1.01. The van der Waals surface area contributed by atoms with E-state index in [4.69, 9.17) is 9.47 Å². The van der Waals surface area contributed by atoms with Crippen molar-refractivity contribution in [2.75, 3.05) is 13.4 Å². The monoisotopic (exact) mass is 314 g/mol. The Morgan fingerprint density at radius 2 is 1.81 bits per heavy atom. The van der Waals surface area contributed by atoms with Gasteiger partial charge in [-0.15, -0.1) is 0 Å². The zero-order valence-corrected chi connectivity index (χ0v) is 14.1. The Morgan fingerprint density at radius 1 is 1.24 bits per heavy atom. The predicted octanol–water partition coefficient (Wildman–Crippen LogP) is 2.33. The maximum atomic E-state index is 12.0. The Hall–Kier alpha value is -1.56. The van der Waals surface area contributed by atoms with Gasteiger partial charge in [-0.25, -0.2) is 8.42 Å². The number of methoxy groups -OCH3 is 1. The standard InChI is InChI=1S/C15H22O5S/c1-10(21(6,17)18)14(16)20-13-8-7-11(19-5)9-12(13)15(2,3)4/h7-10H,1-6H3/t10-/m1/s1. The van der Waals surface area contributed by atoms with Gasteiger partial charge in [-0.3, -0.25) is 4.79 Å². The summed E-state index contributed by atoms with van der Waals surface area (Å²) in [7, 11) is -1.93. The minimum Gasteiger partial charge on any atom is -0.497 e. The van der Waals surface area contributed by atoms with Gasteiger partial charge in [0.2, 0.25) is 0 Å². The number of esters is 1. The number of carbonyl (C=O) groups excluding carboxylic acids is 1. The Kier molecular flexibility index (Phi) is 5.04. The predicted molar refractivity (Wildman–Crippen MR) is 81.6 cm³/mol.